The molecule has 2 heterocycles. The van der Waals surface area contributed by atoms with E-state index in [0.29, 0.717) is 44.8 Å². The van der Waals surface area contributed by atoms with Crippen LogP contribution in [0.1, 0.15) is 36.0 Å². The Bertz CT molecular complexity index is 1590. The van der Waals surface area contributed by atoms with Crippen molar-refractivity contribution in [1.82, 2.24) is 20.5 Å². The minimum Gasteiger partial charge on any atom is -0.506 e. The number of aromatic amines is 1. The molecule has 2 aromatic carbocycles. The Kier molecular flexibility index (Phi) is 14.8. The number of phenols is 1. The van der Waals surface area contributed by atoms with Crippen LogP contribution in [0.4, 0.5) is 26.3 Å². The van der Waals surface area contributed by atoms with Crippen LogP contribution in [0, 0.1) is 6.92 Å². The van der Waals surface area contributed by atoms with Crippen LogP contribution in [0.2, 0.25) is 0 Å². The number of phenolic OH excluding ortho intramolecular Hbond substituents is 1. The van der Waals surface area contributed by atoms with Gasteiger partial charge in [-0.05, 0) is 68.5 Å². The number of hydrogen-bond donors (Lipinski definition) is 4. The normalized spacial score (nSPS) is 13.9. The first-order valence-corrected chi connectivity index (χ1v) is 16.3. The molecule has 0 radical (unpaired) electrons. The maximum atomic E-state index is 13.2. The van der Waals surface area contributed by atoms with Crippen LogP contribution >= 0.6 is 11.3 Å². The SMILES string of the molecule is Cc1ccccc1CCNCCC(=O)N(CCNCCc1ccc(O)c2[nH]c(=O)sc12)C1CCOCC1.O=C(C(=O)C(F)(F)F)C(F)(F)F. The first kappa shape index (κ1) is 39.6. The van der Waals surface area contributed by atoms with Crippen LogP contribution in [-0.4, -0.2) is 96.8 Å². The summed E-state index contributed by atoms with van der Waals surface area (Å²) in [5, 5.41) is 16.9. The lowest BCUT2D eigenvalue weighted by Gasteiger charge is -2.34. The Labute approximate surface area is 281 Å². The van der Waals surface area contributed by atoms with Gasteiger partial charge in [0.15, 0.2) is 0 Å². The molecular weight excluding hydrogens is 682 g/mol. The van der Waals surface area contributed by atoms with Crippen LogP contribution < -0.4 is 15.5 Å². The summed E-state index contributed by atoms with van der Waals surface area (Å²) in [7, 11) is 0. The minimum absolute atomic E-state index is 0.0975. The number of aryl methyl sites for hydroxylation is 1. The second kappa shape index (κ2) is 18.3. The molecule has 1 aromatic heterocycles. The van der Waals surface area contributed by atoms with Gasteiger partial charge in [-0.2, -0.15) is 26.3 Å². The molecule has 49 heavy (non-hydrogen) atoms. The minimum atomic E-state index is -5.77. The van der Waals surface area contributed by atoms with Crippen molar-refractivity contribution in [1.29, 1.82) is 0 Å². The van der Waals surface area contributed by atoms with Gasteiger partial charge < -0.3 is 30.4 Å². The van der Waals surface area contributed by atoms with Gasteiger partial charge >= 0.3 is 28.8 Å². The number of thiazole rings is 1. The number of ether oxygens (including phenoxy) is 1. The van der Waals surface area contributed by atoms with Gasteiger partial charge in [0, 0.05) is 45.3 Å². The highest BCUT2D eigenvalue weighted by atomic mass is 32.1. The van der Waals surface area contributed by atoms with Crippen LogP contribution in [0.25, 0.3) is 10.2 Å². The summed E-state index contributed by atoms with van der Waals surface area (Å²) in [5.74, 6) is -6.53. The van der Waals surface area contributed by atoms with E-state index in [1.807, 2.05) is 11.0 Å². The highest BCUT2D eigenvalue weighted by Gasteiger charge is 2.54. The van der Waals surface area contributed by atoms with Gasteiger partial charge in [-0.1, -0.05) is 41.7 Å². The smallest absolute Gasteiger partial charge is 0.458 e. The number of carbonyl (C=O) groups is 3. The van der Waals surface area contributed by atoms with Crippen molar-refractivity contribution in [2.24, 2.45) is 0 Å². The number of amides is 1. The molecule has 3 aromatic rings. The number of aromatic hydroxyl groups is 1. The van der Waals surface area contributed by atoms with Crippen molar-refractivity contribution in [3.05, 3.63) is 62.8 Å². The molecule has 0 unspecified atom stereocenters. The number of benzene rings is 2. The Balaban J connectivity index is 0.000000463. The van der Waals surface area contributed by atoms with E-state index in [-0.39, 0.29) is 22.6 Å². The molecule has 0 aliphatic carbocycles. The van der Waals surface area contributed by atoms with Gasteiger partial charge in [-0.15, -0.1) is 0 Å². The summed E-state index contributed by atoms with van der Waals surface area (Å²) in [6.45, 7) is 7.16. The van der Waals surface area contributed by atoms with Gasteiger partial charge in [-0.3, -0.25) is 19.2 Å². The molecule has 1 aliphatic heterocycles. The van der Waals surface area contributed by atoms with Crippen LogP contribution in [0.3, 0.4) is 0 Å². The van der Waals surface area contributed by atoms with E-state index in [0.717, 1.165) is 60.4 Å². The number of Topliss-reactive ketones (excluding diaryl/α,β-unsaturated/α-hetero) is 2. The van der Waals surface area contributed by atoms with Crippen molar-refractivity contribution in [3.63, 3.8) is 0 Å². The third kappa shape index (κ3) is 12.2. The summed E-state index contributed by atoms with van der Waals surface area (Å²) < 4.78 is 73.3. The molecule has 0 bridgehead atoms. The van der Waals surface area contributed by atoms with E-state index in [1.54, 1.807) is 6.07 Å². The Hall–Kier alpha value is -3.80. The number of hydrogen-bond acceptors (Lipinski definition) is 9. The Morgan fingerprint density at radius 2 is 1.49 bits per heavy atom. The zero-order valence-corrected chi connectivity index (χ0v) is 27.5. The van der Waals surface area contributed by atoms with Gasteiger partial charge in [-0.25, -0.2) is 0 Å². The van der Waals surface area contributed by atoms with Gasteiger partial charge in [0.2, 0.25) is 5.91 Å². The molecule has 4 rings (SSSR count). The van der Waals surface area contributed by atoms with Gasteiger partial charge in [0.1, 0.15) is 11.3 Å². The molecule has 1 aliphatic rings. The molecule has 17 heteroatoms. The zero-order valence-electron chi connectivity index (χ0n) is 26.6. The number of halogens is 6. The number of nitrogens with one attached hydrogen (secondary N) is 3. The van der Waals surface area contributed by atoms with Crippen LogP contribution in [0.15, 0.2) is 41.2 Å². The average molecular weight is 721 g/mol. The van der Waals surface area contributed by atoms with Crippen molar-refractivity contribution in [2.45, 2.75) is 57.4 Å². The second-order valence-corrected chi connectivity index (χ2v) is 12.2. The molecule has 0 atom stereocenters. The fourth-order valence-electron chi connectivity index (χ4n) is 5.16. The van der Waals surface area contributed by atoms with Crippen LogP contribution in [0.5, 0.6) is 5.75 Å². The number of carbonyl (C=O) groups excluding carboxylic acids is 3. The fraction of sp³-hybridized carbons (Fsp3) is 0.500. The lowest BCUT2D eigenvalue weighted by Crippen LogP contribution is -2.47. The third-order valence-corrected chi connectivity index (χ3v) is 8.72. The molecule has 0 spiro atoms. The van der Waals surface area contributed by atoms with E-state index in [2.05, 4.69) is 46.8 Å². The van der Waals surface area contributed by atoms with Crippen molar-refractivity contribution in [3.8, 4) is 5.75 Å². The van der Waals surface area contributed by atoms with Crippen molar-refractivity contribution < 1.29 is 50.6 Å². The van der Waals surface area contributed by atoms with Crippen molar-refractivity contribution in [2.75, 3.05) is 45.9 Å². The topological polar surface area (TPSA) is 141 Å². The lowest BCUT2D eigenvalue weighted by atomic mass is 10.1. The molecule has 1 amide bonds. The van der Waals surface area contributed by atoms with E-state index in [1.165, 1.54) is 11.1 Å². The zero-order chi connectivity index (χ0) is 36.2. The van der Waals surface area contributed by atoms with Gasteiger partial charge in [0.05, 0.1) is 4.70 Å². The molecule has 0 saturated carbocycles. The second-order valence-electron chi connectivity index (χ2n) is 11.2. The Morgan fingerprint density at radius 3 is 2.10 bits per heavy atom. The number of aromatic nitrogens is 1. The van der Waals surface area contributed by atoms with E-state index in [4.69, 9.17) is 4.74 Å². The summed E-state index contributed by atoms with van der Waals surface area (Å²) in [5.41, 5.74) is 4.18. The monoisotopic (exact) mass is 720 g/mol. The molecule has 1 fully saturated rings. The molecule has 4 N–H and O–H groups in total. The predicted molar refractivity (Wildman–Crippen MR) is 171 cm³/mol. The fourth-order valence-corrected chi connectivity index (χ4v) is 6.06. The highest BCUT2D eigenvalue weighted by molar-refractivity contribution is 7.16. The maximum Gasteiger partial charge on any atom is 0.458 e. The number of ketones is 2. The quantitative estimate of drug-likeness (QED) is 0.110. The summed E-state index contributed by atoms with van der Waals surface area (Å²) in [6, 6.07) is 12.1. The molecular formula is C32H38F6N4O6S. The Morgan fingerprint density at radius 1 is 0.898 bits per heavy atom. The molecule has 270 valence electrons. The van der Waals surface area contributed by atoms with E-state index >= 15 is 0 Å². The number of alkyl halides is 6. The number of nitrogens with zero attached hydrogens (tertiary/aromatic N) is 1. The third-order valence-electron chi connectivity index (χ3n) is 7.76. The summed E-state index contributed by atoms with van der Waals surface area (Å²) in [4.78, 5) is 48.7. The first-order chi connectivity index (χ1) is 23.1. The molecule has 1 saturated heterocycles. The maximum absolute atomic E-state index is 13.2. The lowest BCUT2D eigenvalue weighted by molar-refractivity contribution is -0.193. The molecule has 10 nitrogen and oxygen atoms in total. The standard InChI is InChI=1S/C28H38N4O4S.C4F6O2/c1-20-4-2-3-5-21(20)8-13-29-15-10-25(34)32(23-11-18-36-19-12-23)17-16-30-14-9-22-6-7-24(33)26-27(22)37-28(35)31-26;5-3(6,7)1(11)2(12)4(8,9)10/h2-7,23,29-30,33H,8-19H2,1H3,(H,31,35);. The van der Waals surface area contributed by atoms with Gasteiger partial charge in [0.25, 0.3) is 0 Å². The summed E-state index contributed by atoms with van der Waals surface area (Å²) >= 11 is 1.13. The summed E-state index contributed by atoms with van der Waals surface area (Å²) in [6.07, 6.45) is -7.60. The van der Waals surface area contributed by atoms with Crippen LogP contribution in [-0.2, 0) is 32.0 Å². The predicted octanol–water partition coefficient (Wildman–Crippen LogP) is 4.21. The first-order valence-electron chi connectivity index (χ1n) is 15.5. The average Bonchev–Trinajstić information content (AvgIpc) is 3.46. The number of fused-ring (bicyclic) bond motifs is 1. The van der Waals surface area contributed by atoms with Crippen molar-refractivity contribution >= 4 is 39.0 Å². The largest absolute Gasteiger partial charge is 0.506 e. The number of rotatable bonds is 14. The number of H-pyrrole nitrogens is 1. The van der Waals surface area contributed by atoms with E-state index < -0.39 is 23.9 Å². The highest BCUT2D eigenvalue weighted by Crippen LogP contribution is 2.28. The van der Waals surface area contributed by atoms with E-state index in [9.17, 15) is 50.6 Å².